The van der Waals surface area contributed by atoms with Crippen LogP contribution in [0.3, 0.4) is 0 Å². The molecule has 0 amide bonds. The first-order valence-electron chi connectivity index (χ1n) is 7.26. The van der Waals surface area contributed by atoms with Gasteiger partial charge in [-0.15, -0.1) is 0 Å². The lowest BCUT2D eigenvalue weighted by Gasteiger charge is -2.28. The van der Waals surface area contributed by atoms with Crippen molar-refractivity contribution in [2.75, 3.05) is 19.8 Å². The summed E-state index contributed by atoms with van der Waals surface area (Å²) in [4.78, 5) is 11.4. The van der Waals surface area contributed by atoms with E-state index < -0.39 is 0 Å². The third-order valence-electron chi connectivity index (χ3n) is 3.36. The summed E-state index contributed by atoms with van der Waals surface area (Å²) < 4.78 is 10.7. The SMILES string of the molecule is CCCCOC(=O)COC1CCC(NCC)CC1. The molecule has 1 aliphatic rings. The van der Waals surface area contributed by atoms with Crippen molar-refractivity contribution in [2.24, 2.45) is 0 Å². The van der Waals surface area contributed by atoms with Crippen molar-refractivity contribution >= 4 is 5.97 Å². The number of carbonyl (C=O) groups is 1. The van der Waals surface area contributed by atoms with Crippen LogP contribution in [0.2, 0.25) is 0 Å². The predicted molar refractivity (Wildman–Crippen MR) is 71.5 cm³/mol. The van der Waals surface area contributed by atoms with Crippen LogP contribution in [-0.2, 0) is 14.3 Å². The standard InChI is InChI=1S/C14H27NO3/c1-3-5-10-17-14(16)11-18-13-8-6-12(7-9-13)15-4-2/h12-13,15H,3-11H2,1-2H3. The molecule has 0 aliphatic heterocycles. The molecule has 0 radical (unpaired) electrons. The van der Waals surface area contributed by atoms with E-state index in [9.17, 15) is 4.79 Å². The predicted octanol–water partition coefficient (Wildman–Crippen LogP) is 2.27. The van der Waals surface area contributed by atoms with Gasteiger partial charge in [-0.1, -0.05) is 20.3 Å². The summed E-state index contributed by atoms with van der Waals surface area (Å²) in [5.74, 6) is -0.225. The number of unbranched alkanes of at least 4 members (excludes halogenated alkanes) is 1. The largest absolute Gasteiger partial charge is 0.464 e. The van der Waals surface area contributed by atoms with E-state index in [1.54, 1.807) is 0 Å². The molecule has 1 fully saturated rings. The molecule has 0 aromatic heterocycles. The van der Waals surface area contributed by atoms with Gasteiger partial charge >= 0.3 is 5.97 Å². The first-order chi connectivity index (χ1) is 8.76. The summed E-state index contributed by atoms with van der Waals surface area (Å²) in [6.07, 6.45) is 6.58. The summed E-state index contributed by atoms with van der Waals surface area (Å²) in [6.45, 7) is 5.87. The molecular weight excluding hydrogens is 230 g/mol. The van der Waals surface area contributed by atoms with E-state index in [-0.39, 0.29) is 18.7 Å². The van der Waals surface area contributed by atoms with E-state index in [1.165, 1.54) is 0 Å². The molecule has 1 rings (SSSR count). The lowest BCUT2D eigenvalue weighted by molar-refractivity contribution is -0.151. The third-order valence-corrected chi connectivity index (χ3v) is 3.36. The second kappa shape index (κ2) is 9.34. The van der Waals surface area contributed by atoms with Gasteiger partial charge in [-0.3, -0.25) is 0 Å². The number of hydrogen-bond donors (Lipinski definition) is 1. The van der Waals surface area contributed by atoms with Gasteiger partial charge in [-0.25, -0.2) is 4.79 Å². The Hall–Kier alpha value is -0.610. The summed E-state index contributed by atoms with van der Waals surface area (Å²) in [6, 6.07) is 0.631. The van der Waals surface area contributed by atoms with E-state index in [4.69, 9.17) is 9.47 Å². The smallest absolute Gasteiger partial charge is 0.332 e. The minimum atomic E-state index is -0.225. The molecule has 0 heterocycles. The third kappa shape index (κ3) is 6.36. The summed E-state index contributed by atoms with van der Waals surface area (Å²) >= 11 is 0. The average Bonchev–Trinajstić information content (AvgIpc) is 2.39. The monoisotopic (exact) mass is 257 g/mol. The molecule has 0 aromatic rings. The highest BCUT2D eigenvalue weighted by atomic mass is 16.6. The zero-order valence-corrected chi connectivity index (χ0v) is 11.7. The first-order valence-corrected chi connectivity index (χ1v) is 7.26. The van der Waals surface area contributed by atoms with Gasteiger partial charge in [0.05, 0.1) is 12.7 Å². The first kappa shape index (κ1) is 15.4. The second-order valence-electron chi connectivity index (χ2n) is 4.92. The Morgan fingerprint density at radius 1 is 1.22 bits per heavy atom. The quantitative estimate of drug-likeness (QED) is 0.535. The van der Waals surface area contributed by atoms with Crippen molar-refractivity contribution in [3.8, 4) is 0 Å². The minimum absolute atomic E-state index is 0.111. The van der Waals surface area contributed by atoms with E-state index in [2.05, 4.69) is 19.2 Å². The van der Waals surface area contributed by atoms with Gasteiger partial charge in [0.15, 0.2) is 0 Å². The van der Waals surface area contributed by atoms with Gasteiger partial charge < -0.3 is 14.8 Å². The lowest BCUT2D eigenvalue weighted by atomic mass is 9.93. The second-order valence-corrected chi connectivity index (χ2v) is 4.92. The molecule has 1 N–H and O–H groups in total. The van der Waals surface area contributed by atoms with Crippen molar-refractivity contribution in [1.29, 1.82) is 0 Å². The highest BCUT2D eigenvalue weighted by molar-refractivity contribution is 5.70. The molecule has 0 spiro atoms. The maximum Gasteiger partial charge on any atom is 0.332 e. The Morgan fingerprint density at radius 3 is 2.56 bits per heavy atom. The van der Waals surface area contributed by atoms with Gasteiger partial charge in [0, 0.05) is 6.04 Å². The van der Waals surface area contributed by atoms with Crippen molar-refractivity contribution in [3.63, 3.8) is 0 Å². The van der Waals surface area contributed by atoms with E-state index in [0.29, 0.717) is 12.6 Å². The molecule has 0 saturated heterocycles. The Bertz CT molecular complexity index is 225. The Morgan fingerprint density at radius 2 is 1.94 bits per heavy atom. The van der Waals surface area contributed by atoms with Crippen molar-refractivity contribution in [3.05, 3.63) is 0 Å². The molecule has 1 aliphatic carbocycles. The van der Waals surface area contributed by atoms with Crippen molar-refractivity contribution in [2.45, 2.75) is 64.5 Å². The van der Waals surface area contributed by atoms with E-state index in [1.807, 2.05) is 0 Å². The van der Waals surface area contributed by atoms with Crippen LogP contribution < -0.4 is 5.32 Å². The molecule has 4 heteroatoms. The molecule has 0 unspecified atom stereocenters. The molecule has 4 nitrogen and oxygen atoms in total. The number of esters is 1. The van der Waals surface area contributed by atoms with Gasteiger partial charge in [-0.05, 0) is 38.6 Å². The van der Waals surface area contributed by atoms with E-state index in [0.717, 1.165) is 45.1 Å². The van der Waals surface area contributed by atoms with Crippen LogP contribution in [0, 0.1) is 0 Å². The number of carbonyl (C=O) groups excluding carboxylic acids is 1. The molecule has 0 aromatic carbocycles. The molecule has 18 heavy (non-hydrogen) atoms. The number of rotatable bonds is 8. The fourth-order valence-electron chi connectivity index (χ4n) is 2.28. The van der Waals surface area contributed by atoms with Crippen LogP contribution in [0.4, 0.5) is 0 Å². The maximum absolute atomic E-state index is 11.4. The Kier molecular flexibility index (Phi) is 8.01. The Balaban J connectivity index is 2.04. The van der Waals surface area contributed by atoms with Crippen LogP contribution in [-0.4, -0.2) is 37.9 Å². The van der Waals surface area contributed by atoms with Gasteiger partial charge in [0.2, 0.25) is 0 Å². The zero-order chi connectivity index (χ0) is 13.2. The maximum atomic E-state index is 11.4. The zero-order valence-electron chi connectivity index (χ0n) is 11.7. The molecule has 1 saturated carbocycles. The van der Waals surface area contributed by atoms with Crippen molar-refractivity contribution < 1.29 is 14.3 Å². The number of ether oxygens (including phenoxy) is 2. The molecule has 106 valence electrons. The summed E-state index contributed by atoms with van der Waals surface area (Å²) in [7, 11) is 0. The highest BCUT2D eigenvalue weighted by Gasteiger charge is 2.21. The molecule has 0 bridgehead atoms. The normalized spacial score (nSPS) is 23.9. The minimum Gasteiger partial charge on any atom is -0.464 e. The van der Waals surface area contributed by atoms with Crippen molar-refractivity contribution in [1.82, 2.24) is 5.32 Å². The Labute approximate surface area is 110 Å². The van der Waals surface area contributed by atoms with Gasteiger partial charge in [0.1, 0.15) is 6.61 Å². The summed E-state index contributed by atoms with van der Waals surface area (Å²) in [5.41, 5.74) is 0. The molecular formula is C14H27NO3. The van der Waals surface area contributed by atoms with Crippen LogP contribution in [0.5, 0.6) is 0 Å². The highest BCUT2D eigenvalue weighted by Crippen LogP contribution is 2.21. The summed E-state index contributed by atoms with van der Waals surface area (Å²) in [5, 5.41) is 3.46. The van der Waals surface area contributed by atoms with Crippen LogP contribution in [0.1, 0.15) is 52.4 Å². The van der Waals surface area contributed by atoms with Crippen LogP contribution in [0.25, 0.3) is 0 Å². The van der Waals surface area contributed by atoms with Crippen LogP contribution >= 0.6 is 0 Å². The fourth-order valence-corrected chi connectivity index (χ4v) is 2.28. The fraction of sp³-hybridized carbons (Fsp3) is 0.929. The molecule has 0 atom stereocenters. The van der Waals surface area contributed by atoms with Gasteiger partial charge in [0.25, 0.3) is 0 Å². The van der Waals surface area contributed by atoms with Gasteiger partial charge in [-0.2, -0.15) is 0 Å². The van der Waals surface area contributed by atoms with E-state index >= 15 is 0 Å². The topological polar surface area (TPSA) is 47.6 Å². The lowest BCUT2D eigenvalue weighted by Crippen LogP contribution is -2.35. The average molecular weight is 257 g/mol. The van der Waals surface area contributed by atoms with Crippen LogP contribution in [0.15, 0.2) is 0 Å². The number of nitrogens with one attached hydrogen (secondary N) is 1. The number of hydrogen-bond acceptors (Lipinski definition) is 4.